The minimum atomic E-state index is -0.271. The molecule has 1 amide bonds. The molecule has 1 heterocycles. The van der Waals surface area contributed by atoms with E-state index in [1.54, 1.807) is 50.6 Å². The second-order valence-corrected chi connectivity index (χ2v) is 6.39. The van der Waals surface area contributed by atoms with Gasteiger partial charge in [0.25, 0.3) is 11.8 Å². The Morgan fingerprint density at radius 3 is 2.40 bits per heavy atom. The molecule has 0 unspecified atom stereocenters. The van der Waals surface area contributed by atoms with E-state index in [1.165, 1.54) is 0 Å². The van der Waals surface area contributed by atoms with Crippen LogP contribution in [0.1, 0.15) is 10.4 Å². The van der Waals surface area contributed by atoms with Gasteiger partial charge in [-0.3, -0.25) is 4.79 Å². The number of methoxy groups -OCH3 is 2. The smallest absolute Gasteiger partial charge is 0.258 e. The average molecular weight is 401 g/mol. The van der Waals surface area contributed by atoms with Crippen molar-refractivity contribution in [2.75, 3.05) is 19.5 Å². The molecule has 0 saturated heterocycles. The molecule has 0 fully saturated rings. The highest BCUT2D eigenvalue weighted by atomic mass is 16.5. The van der Waals surface area contributed by atoms with Crippen molar-refractivity contribution in [3.8, 4) is 34.3 Å². The molecule has 4 rings (SSSR count). The van der Waals surface area contributed by atoms with Crippen LogP contribution in [0.25, 0.3) is 22.8 Å². The quantitative estimate of drug-likeness (QED) is 0.505. The lowest BCUT2D eigenvalue weighted by Gasteiger charge is -2.10. The summed E-state index contributed by atoms with van der Waals surface area (Å²) in [6.45, 7) is 0. The molecule has 0 atom stereocenters. The van der Waals surface area contributed by atoms with Gasteiger partial charge in [0, 0.05) is 28.4 Å². The molecule has 1 aromatic heterocycles. The molecule has 7 nitrogen and oxygen atoms in total. The average Bonchev–Trinajstić information content (AvgIpc) is 3.30. The molecule has 7 heteroatoms. The molecular weight excluding hydrogens is 382 g/mol. The van der Waals surface area contributed by atoms with Crippen molar-refractivity contribution in [3.05, 3.63) is 78.4 Å². The largest absolute Gasteiger partial charge is 0.493 e. The SMILES string of the molecule is COc1ccc(NC(=O)c2cccc(-c3nc(-c4ccccc4)no3)c2)cc1OC. The number of carbonyl (C=O) groups is 1. The fourth-order valence-electron chi connectivity index (χ4n) is 2.96. The predicted octanol–water partition coefficient (Wildman–Crippen LogP) is 4.67. The van der Waals surface area contributed by atoms with Crippen LogP contribution in [-0.4, -0.2) is 30.3 Å². The Hall–Kier alpha value is -4.13. The van der Waals surface area contributed by atoms with Gasteiger partial charge in [-0.2, -0.15) is 4.98 Å². The minimum absolute atomic E-state index is 0.271. The first kappa shape index (κ1) is 19.2. The number of hydrogen-bond acceptors (Lipinski definition) is 6. The number of carbonyl (C=O) groups excluding carboxylic acids is 1. The molecule has 0 aliphatic rings. The molecule has 30 heavy (non-hydrogen) atoms. The van der Waals surface area contributed by atoms with E-state index in [4.69, 9.17) is 14.0 Å². The van der Waals surface area contributed by atoms with Crippen molar-refractivity contribution in [1.29, 1.82) is 0 Å². The number of aromatic nitrogens is 2. The number of ether oxygens (including phenoxy) is 2. The lowest BCUT2D eigenvalue weighted by molar-refractivity contribution is 0.102. The Morgan fingerprint density at radius 2 is 1.63 bits per heavy atom. The molecule has 0 saturated carbocycles. The van der Waals surface area contributed by atoms with Crippen LogP contribution in [0.2, 0.25) is 0 Å². The first-order valence-corrected chi connectivity index (χ1v) is 9.21. The monoisotopic (exact) mass is 401 g/mol. The van der Waals surface area contributed by atoms with E-state index in [1.807, 2.05) is 36.4 Å². The fraction of sp³-hybridized carbons (Fsp3) is 0.0870. The third kappa shape index (κ3) is 4.00. The van der Waals surface area contributed by atoms with Gasteiger partial charge in [0.1, 0.15) is 0 Å². The minimum Gasteiger partial charge on any atom is -0.493 e. The lowest BCUT2D eigenvalue weighted by Crippen LogP contribution is -2.12. The molecular formula is C23H19N3O4. The Bertz CT molecular complexity index is 1170. The van der Waals surface area contributed by atoms with E-state index in [0.29, 0.717) is 40.0 Å². The van der Waals surface area contributed by atoms with Gasteiger partial charge < -0.3 is 19.3 Å². The Balaban J connectivity index is 1.55. The highest BCUT2D eigenvalue weighted by molar-refractivity contribution is 6.05. The second kappa shape index (κ2) is 8.48. The maximum absolute atomic E-state index is 12.7. The third-order valence-corrected chi connectivity index (χ3v) is 4.47. The molecule has 0 bridgehead atoms. The number of nitrogens with zero attached hydrogens (tertiary/aromatic N) is 2. The number of hydrogen-bond donors (Lipinski definition) is 1. The molecule has 0 aliphatic heterocycles. The van der Waals surface area contributed by atoms with Crippen molar-refractivity contribution in [1.82, 2.24) is 10.1 Å². The standard InChI is InChI=1S/C23H19N3O4/c1-28-19-12-11-18(14-20(19)29-2)24-22(27)16-9-6-10-17(13-16)23-25-21(26-30-23)15-7-4-3-5-8-15/h3-14H,1-2H3,(H,24,27). The molecule has 150 valence electrons. The van der Waals surface area contributed by atoms with Crippen LogP contribution in [0.15, 0.2) is 77.3 Å². The zero-order valence-corrected chi connectivity index (χ0v) is 16.5. The topological polar surface area (TPSA) is 86.5 Å². The molecule has 0 spiro atoms. The van der Waals surface area contributed by atoms with Crippen LogP contribution >= 0.6 is 0 Å². The fourth-order valence-corrected chi connectivity index (χ4v) is 2.96. The normalized spacial score (nSPS) is 10.5. The van der Waals surface area contributed by atoms with Crippen LogP contribution < -0.4 is 14.8 Å². The molecule has 0 aliphatic carbocycles. The number of anilines is 1. The van der Waals surface area contributed by atoms with Gasteiger partial charge >= 0.3 is 0 Å². The molecule has 4 aromatic rings. The van der Waals surface area contributed by atoms with Crippen molar-refractivity contribution < 1.29 is 18.8 Å². The van der Waals surface area contributed by atoms with E-state index in [-0.39, 0.29) is 5.91 Å². The van der Waals surface area contributed by atoms with E-state index in [2.05, 4.69) is 15.5 Å². The summed E-state index contributed by atoms with van der Waals surface area (Å²) in [6.07, 6.45) is 0. The van der Waals surface area contributed by atoms with Gasteiger partial charge in [-0.25, -0.2) is 0 Å². The van der Waals surface area contributed by atoms with Gasteiger partial charge in [-0.05, 0) is 30.3 Å². The maximum atomic E-state index is 12.7. The first-order chi connectivity index (χ1) is 14.7. The second-order valence-electron chi connectivity index (χ2n) is 6.39. The van der Waals surface area contributed by atoms with Crippen molar-refractivity contribution >= 4 is 11.6 Å². The van der Waals surface area contributed by atoms with E-state index in [0.717, 1.165) is 5.56 Å². The van der Waals surface area contributed by atoms with Crippen LogP contribution in [0, 0.1) is 0 Å². The van der Waals surface area contributed by atoms with Crippen LogP contribution in [0.5, 0.6) is 11.5 Å². The van der Waals surface area contributed by atoms with Gasteiger partial charge in [-0.1, -0.05) is 41.6 Å². The van der Waals surface area contributed by atoms with E-state index < -0.39 is 0 Å². The van der Waals surface area contributed by atoms with Gasteiger partial charge in [-0.15, -0.1) is 0 Å². The van der Waals surface area contributed by atoms with Crippen LogP contribution in [0.4, 0.5) is 5.69 Å². The summed E-state index contributed by atoms with van der Waals surface area (Å²) in [4.78, 5) is 17.2. The molecule has 3 aromatic carbocycles. The Kier molecular flexibility index (Phi) is 5.43. The number of benzene rings is 3. The molecule has 0 radical (unpaired) electrons. The lowest BCUT2D eigenvalue weighted by atomic mass is 10.1. The highest BCUT2D eigenvalue weighted by Gasteiger charge is 2.14. The number of amides is 1. The number of nitrogens with one attached hydrogen (secondary N) is 1. The highest BCUT2D eigenvalue weighted by Crippen LogP contribution is 2.30. The number of rotatable bonds is 6. The van der Waals surface area contributed by atoms with Gasteiger partial charge in [0.05, 0.1) is 14.2 Å². The summed E-state index contributed by atoms with van der Waals surface area (Å²) in [5.74, 6) is 1.68. The summed E-state index contributed by atoms with van der Waals surface area (Å²) in [5, 5.41) is 6.88. The van der Waals surface area contributed by atoms with Crippen LogP contribution in [-0.2, 0) is 0 Å². The van der Waals surface area contributed by atoms with E-state index in [9.17, 15) is 4.79 Å². The van der Waals surface area contributed by atoms with Crippen molar-refractivity contribution in [2.24, 2.45) is 0 Å². The van der Waals surface area contributed by atoms with Gasteiger partial charge in [0.2, 0.25) is 5.82 Å². The molecule has 1 N–H and O–H groups in total. The summed E-state index contributed by atoms with van der Waals surface area (Å²) >= 11 is 0. The summed E-state index contributed by atoms with van der Waals surface area (Å²) in [7, 11) is 3.10. The van der Waals surface area contributed by atoms with Gasteiger partial charge in [0.15, 0.2) is 11.5 Å². The Labute approximate surface area is 173 Å². The van der Waals surface area contributed by atoms with Crippen LogP contribution in [0.3, 0.4) is 0 Å². The zero-order valence-electron chi connectivity index (χ0n) is 16.5. The summed E-state index contributed by atoms with van der Waals surface area (Å²) in [5.41, 5.74) is 2.56. The predicted molar refractivity (Wildman–Crippen MR) is 113 cm³/mol. The van der Waals surface area contributed by atoms with E-state index >= 15 is 0 Å². The zero-order chi connectivity index (χ0) is 20.9. The Morgan fingerprint density at radius 1 is 0.867 bits per heavy atom. The summed E-state index contributed by atoms with van der Waals surface area (Å²) < 4.78 is 15.9. The third-order valence-electron chi connectivity index (χ3n) is 4.47. The van der Waals surface area contributed by atoms with Crippen molar-refractivity contribution in [3.63, 3.8) is 0 Å². The maximum Gasteiger partial charge on any atom is 0.258 e. The first-order valence-electron chi connectivity index (χ1n) is 9.21. The summed E-state index contributed by atoms with van der Waals surface area (Å²) in [6, 6.07) is 21.7. The van der Waals surface area contributed by atoms with Crippen molar-refractivity contribution in [2.45, 2.75) is 0 Å².